The summed E-state index contributed by atoms with van der Waals surface area (Å²) >= 11 is 20.9. The summed E-state index contributed by atoms with van der Waals surface area (Å²) in [5.74, 6) is 0.116. The predicted molar refractivity (Wildman–Crippen MR) is 141 cm³/mol. The van der Waals surface area contributed by atoms with E-state index in [0.717, 1.165) is 5.56 Å². The Labute approximate surface area is 222 Å². The van der Waals surface area contributed by atoms with Crippen LogP contribution in [-0.4, -0.2) is 46.4 Å². The van der Waals surface area contributed by atoms with E-state index in [1.54, 1.807) is 30.3 Å². The fraction of sp³-hybridized carbons (Fsp3) is 0.292. The van der Waals surface area contributed by atoms with Crippen LogP contribution in [0.3, 0.4) is 0 Å². The average Bonchev–Trinajstić information content (AvgIpc) is 2.79. The summed E-state index contributed by atoms with van der Waals surface area (Å²) in [6.07, 6.45) is 1.55. The van der Waals surface area contributed by atoms with Gasteiger partial charge in [0.15, 0.2) is 16.6 Å². The highest BCUT2D eigenvalue weighted by atomic mass is 79.9. The summed E-state index contributed by atoms with van der Waals surface area (Å²) in [6, 6.07) is 8.76. The number of carbonyl (C=O) groups excluding carboxylic acids is 2. The van der Waals surface area contributed by atoms with E-state index in [-0.39, 0.29) is 17.3 Å². The Balaban J connectivity index is 1.95. The van der Waals surface area contributed by atoms with Crippen LogP contribution in [0.15, 0.2) is 40.4 Å². The lowest BCUT2D eigenvalue weighted by Crippen LogP contribution is -2.55. The summed E-state index contributed by atoms with van der Waals surface area (Å²) in [6.45, 7) is 6.86. The zero-order chi connectivity index (χ0) is 25.0. The van der Waals surface area contributed by atoms with E-state index in [0.29, 0.717) is 51.3 Å². The topological polar surface area (TPSA) is 59.1 Å². The van der Waals surface area contributed by atoms with Crippen molar-refractivity contribution in [1.82, 2.24) is 9.80 Å². The number of hydrogen-bond donors (Lipinski definition) is 0. The van der Waals surface area contributed by atoms with E-state index >= 15 is 0 Å². The lowest BCUT2D eigenvalue weighted by molar-refractivity contribution is -0.133. The number of likely N-dealkylation sites (N-methyl/N-ethyl adjacent to an activating group) is 2. The molecule has 10 heteroatoms. The SMILES string of the molecule is CCOc1cc(C=C2C(=O)N(CC)C(=S)N(CC)C2=O)cc(Br)c1OCc1ccc(Cl)c(Cl)c1. The molecule has 2 aromatic rings. The molecule has 6 nitrogen and oxygen atoms in total. The molecule has 2 aromatic carbocycles. The maximum Gasteiger partial charge on any atom is 0.265 e. The van der Waals surface area contributed by atoms with Gasteiger partial charge in [-0.2, -0.15) is 0 Å². The molecule has 1 saturated heterocycles. The van der Waals surface area contributed by atoms with Gasteiger partial charge >= 0.3 is 0 Å². The van der Waals surface area contributed by atoms with Gasteiger partial charge in [-0.05, 0) is 90.4 Å². The third-order valence-electron chi connectivity index (χ3n) is 5.06. The Kier molecular flexibility index (Phi) is 8.98. The van der Waals surface area contributed by atoms with E-state index in [9.17, 15) is 9.59 Å². The van der Waals surface area contributed by atoms with Gasteiger partial charge in [-0.3, -0.25) is 19.4 Å². The van der Waals surface area contributed by atoms with Crippen molar-refractivity contribution in [2.24, 2.45) is 0 Å². The number of carbonyl (C=O) groups is 2. The molecule has 34 heavy (non-hydrogen) atoms. The van der Waals surface area contributed by atoms with Crippen LogP contribution in [-0.2, 0) is 16.2 Å². The molecule has 1 heterocycles. The van der Waals surface area contributed by atoms with E-state index in [4.69, 9.17) is 44.9 Å². The van der Waals surface area contributed by atoms with Crippen LogP contribution in [0.2, 0.25) is 10.0 Å². The Morgan fingerprint density at radius 1 is 0.971 bits per heavy atom. The number of halogens is 3. The Bertz CT molecular complexity index is 1140. The molecule has 180 valence electrons. The molecule has 0 radical (unpaired) electrons. The van der Waals surface area contributed by atoms with Crippen molar-refractivity contribution >= 4 is 74.4 Å². The van der Waals surface area contributed by atoms with E-state index in [1.165, 1.54) is 9.80 Å². The maximum atomic E-state index is 13.0. The van der Waals surface area contributed by atoms with Gasteiger partial charge in [0, 0.05) is 13.1 Å². The quantitative estimate of drug-likeness (QED) is 0.212. The van der Waals surface area contributed by atoms with Gasteiger partial charge < -0.3 is 9.47 Å². The summed E-state index contributed by atoms with van der Waals surface area (Å²) in [5.41, 5.74) is 1.48. The molecular weight excluding hydrogens is 563 g/mol. The minimum absolute atomic E-state index is 0.0381. The second-order valence-corrected chi connectivity index (χ2v) is 9.27. The lowest BCUT2D eigenvalue weighted by atomic mass is 10.1. The smallest absolute Gasteiger partial charge is 0.265 e. The summed E-state index contributed by atoms with van der Waals surface area (Å²) in [4.78, 5) is 28.7. The molecule has 1 aliphatic rings. The second kappa shape index (κ2) is 11.5. The molecule has 0 aromatic heterocycles. The summed E-state index contributed by atoms with van der Waals surface area (Å²) in [5, 5.41) is 1.13. The molecule has 0 aliphatic carbocycles. The molecule has 2 amide bonds. The molecule has 0 unspecified atom stereocenters. The van der Waals surface area contributed by atoms with Crippen molar-refractivity contribution in [2.45, 2.75) is 27.4 Å². The first-order valence-corrected chi connectivity index (χ1v) is 12.6. The molecule has 1 aliphatic heterocycles. The van der Waals surface area contributed by atoms with Crippen LogP contribution in [0, 0.1) is 0 Å². The maximum absolute atomic E-state index is 13.0. The number of nitrogens with zero attached hydrogens (tertiary/aromatic N) is 2. The normalized spacial score (nSPS) is 14.1. The molecule has 0 saturated carbocycles. The Hall–Kier alpha value is -2.13. The molecule has 0 N–H and O–H groups in total. The van der Waals surface area contributed by atoms with Gasteiger partial charge in [0.1, 0.15) is 12.2 Å². The highest BCUT2D eigenvalue weighted by Gasteiger charge is 2.37. The van der Waals surface area contributed by atoms with Crippen LogP contribution in [0.5, 0.6) is 11.5 Å². The highest BCUT2D eigenvalue weighted by molar-refractivity contribution is 9.10. The number of ether oxygens (including phenoxy) is 2. The first-order valence-electron chi connectivity index (χ1n) is 10.6. The molecule has 0 spiro atoms. The molecular formula is C24H23BrCl2N2O4S. The van der Waals surface area contributed by atoms with Crippen molar-refractivity contribution in [3.05, 3.63) is 61.5 Å². The number of amides is 2. The zero-order valence-electron chi connectivity index (χ0n) is 18.9. The van der Waals surface area contributed by atoms with Crippen molar-refractivity contribution < 1.29 is 19.1 Å². The Morgan fingerprint density at radius 2 is 1.62 bits per heavy atom. The number of benzene rings is 2. The van der Waals surface area contributed by atoms with Crippen molar-refractivity contribution in [3.63, 3.8) is 0 Å². The van der Waals surface area contributed by atoms with Gasteiger partial charge in [0.25, 0.3) is 11.8 Å². The third-order valence-corrected chi connectivity index (χ3v) is 6.82. The minimum atomic E-state index is -0.420. The van der Waals surface area contributed by atoms with Crippen LogP contribution >= 0.6 is 51.3 Å². The highest BCUT2D eigenvalue weighted by Crippen LogP contribution is 2.38. The zero-order valence-corrected chi connectivity index (χ0v) is 22.8. The van der Waals surface area contributed by atoms with E-state index in [1.807, 2.05) is 26.8 Å². The first-order chi connectivity index (χ1) is 16.2. The predicted octanol–water partition coefficient (Wildman–Crippen LogP) is 6.11. The van der Waals surface area contributed by atoms with Gasteiger partial charge in [0.05, 0.1) is 21.1 Å². The monoisotopic (exact) mass is 584 g/mol. The van der Waals surface area contributed by atoms with Crippen molar-refractivity contribution in [2.75, 3.05) is 19.7 Å². The minimum Gasteiger partial charge on any atom is -0.490 e. The van der Waals surface area contributed by atoms with Gasteiger partial charge in [-0.15, -0.1) is 0 Å². The first kappa shape index (κ1) is 26.5. The number of thiocarbonyl (C=S) groups is 1. The van der Waals surface area contributed by atoms with Crippen LogP contribution < -0.4 is 9.47 Å². The fourth-order valence-corrected chi connectivity index (χ4v) is 4.73. The van der Waals surface area contributed by atoms with Gasteiger partial charge in [-0.25, -0.2) is 0 Å². The van der Waals surface area contributed by atoms with Gasteiger partial charge in [-0.1, -0.05) is 29.3 Å². The molecule has 0 bridgehead atoms. The lowest BCUT2D eigenvalue weighted by Gasteiger charge is -2.35. The molecule has 3 rings (SSSR count). The van der Waals surface area contributed by atoms with E-state index < -0.39 is 11.8 Å². The van der Waals surface area contributed by atoms with Crippen LogP contribution in [0.1, 0.15) is 31.9 Å². The number of rotatable bonds is 8. The summed E-state index contributed by atoms with van der Waals surface area (Å²) in [7, 11) is 0. The van der Waals surface area contributed by atoms with E-state index in [2.05, 4.69) is 15.9 Å². The molecule has 1 fully saturated rings. The number of hydrogen-bond acceptors (Lipinski definition) is 5. The average molecular weight is 586 g/mol. The van der Waals surface area contributed by atoms with Crippen molar-refractivity contribution in [1.29, 1.82) is 0 Å². The largest absolute Gasteiger partial charge is 0.490 e. The third kappa shape index (κ3) is 5.57. The standard InChI is InChI=1S/C24H23BrCl2N2O4S/c1-4-28-22(30)16(23(31)29(5-2)24(28)34)9-15-10-17(25)21(20(12-15)32-6-3)33-13-14-7-8-18(26)19(27)11-14/h7-12H,4-6,13H2,1-3H3. The van der Waals surface area contributed by atoms with Crippen LogP contribution in [0.4, 0.5) is 0 Å². The molecule has 0 atom stereocenters. The van der Waals surface area contributed by atoms with Gasteiger partial charge in [0.2, 0.25) is 0 Å². The van der Waals surface area contributed by atoms with Crippen LogP contribution in [0.25, 0.3) is 6.08 Å². The van der Waals surface area contributed by atoms with Crippen molar-refractivity contribution in [3.8, 4) is 11.5 Å². The summed E-state index contributed by atoms with van der Waals surface area (Å²) < 4.78 is 12.4. The second-order valence-electron chi connectivity index (χ2n) is 7.24. The fourth-order valence-electron chi connectivity index (χ4n) is 3.41. The Morgan fingerprint density at radius 3 is 2.18 bits per heavy atom.